The van der Waals surface area contributed by atoms with Gasteiger partial charge in [0.25, 0.3) is 15.9 Å². The minimum Gasteiger partial charge on any atom is -0.497 e. The van der Waals surface area contributed by atoms with Crippen LogP contribution in [0, 0.1) is 6.92 Å². The molecular formula is C21H20N2O4S. The predicted octanol–water partition coefficient (Wildman–Crippen LogP) is 4.06. The summed E-state index contributed by atoms with van der Waals surface area (Å²) < 4.78 is 33.2. The van der Waals surface area contributed by atoms with Gasteiger partial charge in [-0.3, -0.25) is 9.52 Å². The molecule has 3 aromatic rings. The van der Waals surface area contributed by atoms with Crippen LogP contribution in [0.3, 0.4) is 0 Å². The number of amides is 1. The van der Waals surface area contributed by atoms with Crippen LogP contribution in [0.4, 0.5) is 11.4 Å². The van der Waals surface area contributed by atoms with E-state index in [4.69, 9.17) is 4.74 Å². The van der Waals surface area contributed by atoms with Gasteiger partial charge >= 0.3 is 0 Å². The van der Waals surface area contributed by atoms with Gasteiger partial charge in [-0.25, -0.2) is 8.42 Å². The summed E-state index contributed by atoms with van der Waals surface area (Å²) in [4.78, 5) is 12.6. The maximum absolute atomic E-state index is 12.8. The van der Waals surface area contributed by atoms with Gasteiger partial charge in [-0.15, -0.1) is 0 Å². The Morgan fingerprint density at radius 3 is 2.32 bits per heavy atom. The zero-order valence-corrected chi connectivity index (χ0v) is 16.3. The lowest BCUT2D eigenvalue weighted by molar-refractivity contribution is 0.102. The summed E-state index contributed by atoms with van der Waals surface area (Å²) in [6, 6.07) is 20.1. The Hall–Kier alpha value is -3.32. The highest BCUT2D eigenvalue weighted by molar-refractivity contribution is 7.92. The molecule has 6 nitrogen and oxygen atoms in total. The number of para-hydroxylation sites is 1. The summed E-state index contributed by atoms with van der Waals surface area (Å²) in [6.07, 6.45) is 0. The summed E-state index contributed by atoms with van der Waals surface area (Å²) in [5, 5.41) is 2.75. The molecule has 0 aliphatic carbocycles. The van der Waals surface area contributed by atoms with E-state index in [1.54, 1.807) is 73.7 Å². The molecule has 0 atom stereocenters. The molecule has 7 heteroatoms. The first kappa shape index (κ1) is 19.4. The van der Waals surface area contributed by atoms with E-state index in [-0.39, 0.29) is 10.5 Å². The highest BCUT2D eigenvalue weighted by atomic mass is 32.2. The Kier molecular flexibility index (Phi) is 5.65. The minimum absolute atomic E-state index is 0.0506. The molecule has 144 valence electrons. The van der Waals surface area contributed by atoms with Crippen molar-refractivity contribution in [2.45, 2.75) is 11.8 Å². The fourth-order valence-electron chi connectivity index (χ4n) is 2.65. The second-order valence-electron chi connectivity index (χ2n) is 6.14. The molecule has 0 spiro atoms. The van der Waals surface area contributed by atoms with Crippen LogP contribution >= 0.6 is 0 Å². The summed E-state index contributed by atoms with van der Waals surface area (Å²) in [5.41, 5.74) is 1.79. The van der Waals surface area contributed by atoms with Crippen LogP contribution in [0.2, 0.25) is 0 Å². The Balaban J connectivity index is 1.87. The molecule has 0 radical (unpaired) electrons. The Morgan fingerprint density at radius 1 is 0.893 bits per heavy atom. The van der Waals surface area contributed by atoms with Gasteiger partial charge in [0.05, 0.1) is 12.0 Å². The highest BCUT2D eigenvalue weighted by Gasteiger charge is 2.19. The van der Waals surface area contributed by atoms with Gasteiger partial charge in [-0.2, -0.15) is 0 Å². The number of methoxy groups -OCH3 is 1. The SMILES string of the molecule is COc1cccc(NC(=O)c2ccc(C)c(S(=O)(=O)Nc3ccccc3)c2)c1. The summed E-state index contributed by atoms with van der Waals surface area (Å²) >= 11 is 0. The van der Waals surface area contributed by atoms with Gasteiger partial charge < -0.3 is 10.1 Å². The van der Waals surface area contributed by atoms with E-state index < -0.39 is 15.9 Å². The van der Waals surface area contributed by atoms with Crippen molar-refractivity contribution in [1.82, 2.24) is 0 Å². The number of ether oxygens (including phenoxy) is 1. The van der Waals surface area contributed by atoms with Crippen LogP contribution in [0.5, 0.6) is 5.75 Å². The van der Waals surface area contributed by atoms with Gasteiger partial charge in [-0.05, 0) is 48.9 Å². The maximum Gasteiger partial charge on any atom is 0.262 e. The quantitative estimate of drug-likeness (QED) is 0.658. The second kappa shape index (κ2) is 8.14. The number of aryl methyl sites for hydroxylation is 1. The zero-order valence-electron chi connectivity index (χ0n) is 15.5. The molecule has 0 aliphatic heterocycles. The lowest BCUT2D eigenvalue weighted by Crippen LogP contribution is -2.17. The van der Waals surface area contributed by atoms with E-state index in [0.717, 1.165) is 0 Å². The normalized spacial score (nSPS) is 10.9. The van der Waals surface area contributed by atoms with Crippen molar-refractivity contribution in [3.05, 3.63) is 83.9 Å². The van der Waals surface area contributed by atoms with Crippen molar-refractivity contribution in [2.75, 3.05) is 17.1 Å². The molecule has 0 saturated heterocycles. The Bertz CT molecular complexity index is 1100. The Morgan fingerprint density at radius 2 is 1.61 bits per heavy atom. The minimum atomic E-state index is -3.83. The lowest BCUT2D eigenvalue weighted by Gasteiger charge is -2.12. The molecule has 0 aromatic heterocycles. The van der Waals surface area contributed by atoms with Crippen LogP contribution in [-0.2, 0) is 10.0 Å². The molecular weight excluding hydrogens is 376 g/mol. The van der Waals surface area contributed by atoms with E-state index in [1.165, 1.54) is 13.2 Å². The third-order valence-electron chi connectivity index (χ3n) is 4.09. The fraction of sp³-hybridized carbons (Fsp3) is 0.0952. The topological polar surface area (TPSA) is 84.5 Å². The largest absolute Gasteiger partial charge is 0.497 e. The second-order valence-corrected chi connectivity index (χ2v) is 7.79. The fourth-order valence-corrected chi connectivity index (χ4v) is 3.98. The van der Waals surface area contributed by atoms with Crippen LogP contribution in [0.25, 0.3) is 0 Å². The molecule has 28 heavy (non-hydrogen) atoms. The molecule has 0 saturated carbocycles. The standard InChI is InChI=1S/C21H20N2O4S/c1-15-11-12-16(21(24)22-18-9-6-10-19(14-18)27-2)13-20(15)28(25,26)23-17-7-4-3-5-8-17/h3-14,23H,1-2H3,(H,22,24). The number of rotatable bonds is 6. The highest BCUT2D eigenvalue weighted by Crippen LogP contribution is 2.22. The molecule has 0 heterocycles. The molecule has 0 bridgehead atoms. The third kappa shape index (κ3) is 4.50. The van der Waals surface area contributed by atoms with Gasteiger partial charge in [0.1, 0.15) is 5.75 Å². The third-order valence-corrected chi connectivity index (χ3v) is 5.62. The number of carbonyl (C=O) groups is 1. The maximum atomic E-state index is 12.8. The van der Waals surface area contributed by atoms with Crippen LogP contribution in [0.1, 0.15) is 15.9 Å². The van der Waals surface area contributed by atoms with Gasteiger partial charge in [-0.1, -0.05) is 30.3 Å². The first-order valence-electron chi connectivity index (χ1n) is 8.53. The smallest absolute Gasteiger partial charge is 0.262 e. The summed E-state index contributed by atoms with van der Waals surface area (Å²) in [6.45, 7) is 1.68. The van der Waals surface area contributed by atoms with Crippen LogP contribution < -0.4 is 14.8 Å². The van der Waals surface area contributed by atoms with Gasteiger partial charge in [0.15, 0.2) is 0 Å². The monoisotopic (exact) mass is 396 g/mol. The first-order valence-corrected chi connectivity index (χ1v) is 10.0. The summed E-state index contributed by atoms with van der Waals surface area (Å²) in [7, 11) is -2.29. The molecule has 0 fully saturated rings. The lowest BCUT2D eigenvalue weighted by atomic mass is 10.1. The number of hydrogen-bond acceptors (Lipinski definition) is 4. The van der Waals surface area contributed by atoms with Crippen molar-refractivity contribution in [1.29, 1.82) is 0 Å². The van der Waals surface area contributed by atoms with E-state index in [9.17, 15) is 13.2 Å². The van der Waals surface area contributed by atoms with Crippen LogP contribution in [-0.4, -0.2) is 21.4 Å². The number of anilines is 2. The first-order chi connectivity index (χ1) is 13.4. The number of carbonyl (C=O) groups excluding carboxylic acids is 1. The van der Waals surface area contributed by atoms with Gasteiger partial charge in [0, 0.05) is 23.0 Å². The van der Waals surface area contributed by atoms with Crippen molar-refractivity contribution < 1.29 is 17.9 Å². The Labute approximate surface area is 164 Å². The number of sulfonamides is 1. The van der Waals surface area contributed by atoms with Crippen molar-refractivity contribution in [2.24, 2.45) is 0 Å². The zero-order chi connectivity index (χ0) is 20.1. The van der Waals surface area contributed by atoms with E-state index >= 15 is 0 Å². The summed E-state index contributed by atoms with van der Waals surface area (Å²) in [5.74, 6) is 0.196. The molecule has 0 unspecified atom stereocenters. The van der Waals surface area contributed by atoms with Crippen molar-refractivity contribution in [3.63, 3.8) is 0 Å². The van der Waals surface area contributed by atoms with Gasteiger partial charge in [0.2, 0.25) is 0 Å². The average molecular weight is 396 g/mol. The van der Waals surface area contributed by atoms with Crippen molar-refractivity contribution in [3.8, 4) is 5.75 Å². The van der Waals surface area contributed by atoms with E-state index in [0.29, 0.717) is 22.7 Å². The molecule has 0 aliphatic rings. The average Bonchev–Trinajstić information content (AvgIpc) is 2.68. The molecule has 3 rings (SSSR count). The molecule has 1 amide bonds. The van der Waals surface area contributed by atoms with E-state index in [2.05, 4.69) is 10.0 Å². The number of hydrogen-bond donors (Lipinski definition) is 2. The number of nitrogens with one attached hydrogen (secondary N) is 2. The number of benzene rings is 3. The van der Waals surface area contributed by atoms with Crippen molar-refractivity contribution >= 4 is 27.3 Å². The molecule has 2 N–H and O–H groups in total. The molecule has 3 aromatic carbocycles. The van der Waals surface area contributed by atoms with Crippen LogP contribution in [0.15, 0.2) is 77.7 Å². The van der Waals surface area contributed by atoms with E-state index in [1.807, 2.05) is 0 Å². The predicted molar refractivity (Wildman–Crippen MR) is 109 cm³/mol.